The van der Waals surface area contributed by atoms with Gasteiger partial charge in [-0.1, -0.05) is 13.0 Å². The predicted molar refractivity (Wildman–Crippen MR) is 97.1 cm³/mol. The Hall–Kier alpha value is -3.15. The van der Waals surface area contributed by atoms with E-state index in [1.165, 1.54) is 12.1 Å². The number of nitrogens with one attached hydrogen (secondary N) is 1. The van der Waals surface area contributed by atoms with Crippen LogP contribution in [0.5, 0.6) is 5.75 Å². The number of ether oxygens (including phenoxy) is 1. The molecule has 0 saturated heterocycles. The van der Waals surface area contributed by atoms with Gasteiger partial charge in [-0.3, -0.25) is 4.79 Å². The van der Waals surface area contributed by atoms with Crippen LogP contribution in [0.3, 0.4) is 0 Å². The van der Waals surface area contributed by atoms with Gasteiger partial charge in [-0.05, 0) is 48.7 Å². The van der Waals surface area contributed by atoms with E-state index in [1.807, 2.05) is 6.92 Å². The summed E-state index contributed by atoms with van der Waals surface area (Å²) in [6.07, 6.45) is 0.706. The molecule has 1 N–H and O–H groups in total. The number of aryl methyl sites for hydroxylation is 2. The van der Waals surface area contributed by atoms with Crippen molar-refractivity contribution in [3.63, 3.8) is 0 Å². The number of amides is 1. The van der Waals surface area contributed by atoms with E-state index in [2.05, 4.69) is 5.32 Å². The number of rotatable bonds is 5. The van der Waals surface area contributed by atoms with Crippen LogP contribution < -0.4 is 15.7 Å². The molecule has 6 heteroatoms. The Morgan fingerprint density at radius 3 is 2.73 bits per heavy atom. The van der Waals surface area contributed by atoms with Crippen LogP contribution in [0, 0.1) is 12.7 Å². The highest BCUT2D eigenvalue weighted by atomic mass is 19.1. The predicted octanol–water partition coefficient (Wildman–Crippen LogP) is 3.82. The Kier molecular flexibility index (Phi) is 5.02. The van der Waals surface area contributed by atoms with Crippen LogP contribution in [0.1, 0.15) is 18.1 Å². The Labute approximate surface area is 149 Å². The van der Waals surface area contributed by atoms with E-state index in [4.69, 9.17) is 9.15 Å². The van der Waals surface area contributed by atoms with Crippen LogP contribution in [0.4, 0.5) is 10.1 Å². The summed E-state index contributed by atoms with van der Waals surface area (Å²) in [4.78, 5) is 23.6. The molecule has 0 atom stereocenters. The summed E-state index contributed by atoms with van der Waals surface area (Å²) < 4.78 is 24.1. The summed E-state index contributed by atoms with van der Waals surface area (Å²) in [6.45, 7) is 3.35. The van der Waals surface area contributed by atoms with E-state index >= 15 is 0 Å². The number of fused-ring (bicyclic) bond motifs is 1. The van der Waals surface area contributed by atoms with E-state index in [1.54, 1.807) is 37.3 Å². The van der Waals surface area contributed by atoms with Crippen LogP contribution in [0.2, 0.25) is 0 Å². The molecule has 3 aromatic rings. The van der Waals surface area contributed by atoms with Crippen molar-refractivity contribution in [3.8, 4) is 5.75 Å². The normalized spacial score (nSPS) is 10.7. The molecule has 0 unspecified atom stereocenters. The second-order valence-electron chi connectivity index (χ2n) is 5.90. The maximum absolute atomic E-state index is 13.5. The zero-order chi connectivity index (χ0) is 18.7. The Morgan fingerprint density at radius 2 is 2.00 bits per heavy atom. The first kappa shape index (κ1) is 17.7. The summed E-state index contributed by atoms with van der Waals surface area (Å²) >= 11 is 0. The van der Waals surface area contributed by atoms with Crippen molar-refractivity contribution < 1.29 is 18.3 Å². The molecule has 0 radical (unpaired) electrons. The van der Waals surface area contributed by atoms with Crippen molar-refractivity contribution in [2.45, 2.75) is 20.3 Å². The molecule has 0 bridgehead atoms. The largest absolute Gasteiger partial charge is 0.484 e. The summed E-state index contributed by atoms with van der Waals surface area (Å²) in [6, 6.07) is 11.0. The average molecular weight is 355 g/mol. The van der Waals surface area contributed by atoms with Crippen molar-refractivity contribution >= 4 is 22.6 Å². The fraction of sp³-hybridized carbons (Fsp3) is 0.200. The van der Waals surface area contributed by atoms with Gasteiger partial charge in [0.15, 0.2) is 6.61 Å². The molecular weight excluding hydrogens is 337 g/mol. The van der Waals surface area contributed by atoms with Gasteiger partial charge in [0.2, 0.25) is 0 Å². The first-order valence-electron chi connectivity index (χ1n) is 8.22. The van der Waals surface area contributed by atoms with E-state index in [-0.39, 0.29) is 12.4 Å². The lowest BCUT2D eigenvalue weighted by Crippen LogP contribution is -2.20. The highest BCUT2D eigenvalue weighted by Gasteiger charge is 2.09. The number of hydrogen-bond donors (Lipinski definition) is 1. The molecule has 1 heterocycles. The number of halogens is 1. The monoisotopic (exact) mass is 355 g/mol. The number of anilines is 1. The van der Waals surface area contributed by atoms with E-state index in [0.717, 1.165) is 10.9 Å². The second kappa shape index (κ2) is 7.39. The van der Waals surface area contributed by atoms with Crippen LogP contribution in [0.25, 0.3) is 11.0 Å². The summed E-state index contributed by atoms with van der Waals surface area (Å²) in [5.74, 6) is -0.406. The van der Waals surface area contributed by atoms with Gasteiger partial charge in [-0.25, -0.2) is 9.18 Å². The molecule has 0 aliphatic carbocycles. The Morgan fingerprint density at radius 1 is 1.19 bits per heavy atom. The molecule has 0 aliphatic rings. The van der Waals surface area contributed by atoms with Crippen molar-refractivity contribution in [1.29, 1.82) is 0 Å². The summed E-state index contributed by atoms with van der Waals surface area (Å²) in [7, 11) is 0. The minimum absolute atomic E-state index is 0.251. The van der Waals surface area contributed by atoms with Crippen molar-refractivity contribution in [2.75, 3.05) is 11.9 Å². The average Bonchev–Trinajstić information content (AvgIpc) is 2.62. The third kappa shape index (κ3) is 3.91. The highest BCUT2D eigenvalue weighted by molar-refractivity contribution is 5.92. The molecule has 3 rings (SSSR count). The molecule has 0 spiro atoms. The molecule has 26 heavy (non-hydrogen) atoms. The molecule has 0 saturated carbocycles. The highest BCUT2D eigenvalue weighted by Crippen LogP contribution is 2.23. The lowest BCUT2D eigenvalue weighted by molar-refractivity contribution is -0.118. The van der Waals surface area contributed by atoms with Gasteiger partial charge in [-0.2, -0.15) is 0 Å². The minimum Gasteiger partial charge on any atom is -0.484 e. The third-order valence-electron chi connectivity index (χ3n) is 4.01. The first-order valence-corrected chi connectivity index (χ1v) is 8.22. The van der Waals surface area contributed by atoms with E-state index < -0.39 is 11.5 Å². The Balaban J connectivity index is 1.70. The zero-order valence-corrected chi connectivity index (χ0v) is 14.5. The fourth-order valence-corrected chi connectivity index (χ4v) is 2.61. The fourth-order valence-electron chi connectivity index (χ4n) is 2.61. The lowest BCUT2D eigenvalue weighted by atomic mass is 10.1. The van der Waals surface area contributed by atoms with E-state index in [9.17, 15) is 14.0 Å². The third-order valence-corrected chi connectivity index (χ3v) is 4.01. The van der Waals surface area contributed by atoms with Gasteiger partial charge in [-0.15, -0.1) is 0 Å². The number of carbonyl (C=O) groups excluding carboxylic acids is 1. The number of benzene rings is 2. The number of hydrogen-bond acceptors (Lipinski definition) is 4. The minimum atomic E-state index is -0.425. The smallest absolute Gasteiger partial charge is 0.336 e. The van der Waals surface area contributed by atoms with Crippen LogP contribution in [-0.4, -0.2) is 12.5 Å². The van der Waals surface area contributed by atoms with Gasteiger partial charge in [0.25, 0.3) is 5.91 Å². The molecule has 2 aromatic carbocycles. The van der Waals surface area contributed by atoms with Crippen molar-refractivity contribution in [3.05, 3.63) is 69.8 Å². The summed E-state index contributed by atoms with van der Waals surface area (Å²) in [5, 5.41) is 3.40. The Bertz CT molecular complexity index is 1030. The van der Waals surface area contributed by atoms with Gasteiger partial charge in [0, 0.05) is 23.2 Å². The van der Waals surface area contributed by atoms with Crippen LogP contribution in [0.15, 0.2) is 51.7 Å². The summed E-state index contributed by atoms with van der Waals surface area (Å²) in [5.41, 5.74) is 1.74. The SMILES string of the molecule is CCc1cc(=O)oc2cc(OCC(=O)Nc3ccc(C)c(F)c3)ccc12. The molecule has 5 nitrogen and oxygen atoms in total. The van der Waals surface area contributed by atoms with Gasteiger partial charge in [0.1, 0.15) is 17.1 Å². The van der Waals surface area contributed by atoms with Gasteiger partial charge < -0.3 is 14.5 Å². The van der Waals surface area contributed by atoms with Crippen LogP contribution >= 0.6 is 0 Å². The lowest BCUT2D eigenvalue weighted by Gasteiger charge is -2.09. The molecule has 1 aromatic heterocycles. The van der Waals surface area contributed by atoms with E-state index in [0.29, 0.717) is 29.0 Å². The molecule has 134 valence electrons. The maximum Gasteiger partial charge on any atom is 0.336 e. The quantitative estimate of drug-likeness (QED) is 0.707. The first-order chi connectivity index (χ1) is 12.5. The molecule has 0 aliphatic heterocycles. The molecular formula is C20H18FNO4. The second-order valence-corrected chi connectivity index (χ2v) is 5.90. The zero-order valence-electron chi connectivity index (χ0n) is 14.5. The molecule has 1 amide bonds. The maximum atomic E-state index is 13.5. The van der Waals surface area contributed by atoms with Crippen LogP contribution in [-0.2, 0) is 11.2 Å². The van der Waals surface area contributed by atoms with Crippen molar-refractivity contribution in [1.82, 2.24) is 0 Å². The van der Waals surface area contributed by atoms with Crippen molar-refractivity contribution in [2.24, 2.45) is 0 Å². The number of carbonyl (C=O) groups is 1. The standard InChI is InChI=1S/C20H18FNO4/c1-3-13-8-20(24)26-18-10-15(6-7-16(13)18)25-11-19(23)22-14-5-4-12(2)17(21)9-14/h4-10H,3,11H2,1-2H3,(H,22,23). The van der Waals surface area contributed by atoms with Gasteiger partial charge in [0.05, 0.1) is 0 Å². The molecule has 0 fully saturated rings. The van der Waals surface area contributed by atoms with Gasteiger partial charge >= 0.3 is 5.63 Å². The topological polar surface area (TPSA) is 68.5 Å².